The van der Waals surface area contributed by atoms with Crippen LogP contribution in [-0.2, 0) is 6.42 Å². The number of halogens is 1. The van der Waals surface area contributed by atoms with Gasteiger partial charge in [0.25, 0.3) is 0 Å². The number of rotatable bonds is 4. The molecule has 0 amide bonds. The van der Waals surface area contributed by atoms with Crippen molar-refractivity contribution in [2.75, 3.05) is 13.6 Å². The minimum absolute atomic E-state index is 0.431. The Morgan fingerprint density at radius 2 is 2.12 bits per heavy atom. The summed E-state index contributed by atoms with van der Waals surface area (Å²) in [6, 6.07) is 6.58. The average molecular weight is 251 g/mol. The number of fused-ring (bicyclic) bond motifs is 1. The van der Waals surface area contributed by atoms with E-state index in [0.717, 1.165) is 23.5 Å². The van der Waals surface area contributed by atoms with Gasteiger partial charge in [-0.3, -0.25) is 0 Å². The van der Waals surface area contributed by atoms with Crippen LogP contribution < -0.4 is 5.32 Å². The van der Waals surface area contributed by atoms with Gasteiger partial charge in [0.15, 0.2) is 0 Å². The molecule has 0 spiro atoms. The molecule has 1 heterocycles. The number of para-hydroxylation sites is 1. The summed E-state index contributed by atoms with van der Waals surface area (Å²) in [5.41, 5.74) is 2.53. The summed E-state index contributed by atoms with van der Waals surface area (Å²) in [6.07, 6.45) is 3.27. The molecular formula is C14H19ClN2. The second-order valence-corrected chi connectivity index (χ2v) is 5.05. The maximum Gasteiger partial charge on any atom is 0.0674 e. The fraction of sp³-hybridized carbons (Fsp3) is 0.429. The van der Waals surface area contributed by atoms with E-state index in [9.17, 15) is 0 Å². The zero-order chi connectivity index (χ0) is 12.4. The Labute approximate surface area is 108 Å². The first-order valence-corrected chi connectivity index (χ1v) is 6.45. The maximum absolute atomic E-state index is 6.32. The van der Waals surface area contributed by atoms with E-state index in [-0.39, 0.29) is 0 Å². The third-order valence-corrected chi connectivity index (χ3v) is 3.39. The van der Waals surface area contributed by atoms with Gasteiger partial charge in [0.05, 0.1) is 10.5 Å². The van der Waals surface area contributed by atoms with Crippen LogP contribution in [0.5, 0.6) is 0 Å². The highest BCUT2D eigenvalue weighted by Gasteiger charge is 2.12. The third-order valence-electron chi connectivity index (χ3n) is 3.09. The molecule has 0 aliphatic carbocycles. The normalized spacial score (nSPS) is 11.6. The molecule has 92 valence electrons. The summed E-state index contributed by atoms with van der Waals surface area (Å²) < 4.78 is 2.27. The van der Waals surface area contributed by atoms with Crippen molar-refractivity contribution in [2.24, 2.45) is 0 Å². The van der Waals surface area contributed by atoms with Gasteiger partial charge in [-0.25, -0.2) is 0 Å². The van der Waals surface area contributed by atoms with Gasteiger partial charge in [0.1, 0.15) is 0 Å². The molecule has 1 N–H and O–H groups in total. The lowest BCUT2D eigenvalue weighted by atomic mass is 10.1. The van der Waals surface area contributed by atoms with E-state index in [1.165, 1.54) is 10.9 Å². The van der Waals surface area contributed by atoms with E-state index in [1.807, 2.05) is 19.2 Å². The summed E-state index contributed by atoms with van der Waals surface area (Å²) in [5, 5.41) is 5.31. The molecule has 2 rings (SSSR count). The molecule has 0 unspecified atom stereocenters. The molecule has 0 aliphatic rings. The molecule has 0 atom stereocenters. The molecule has 0 fully saturated rings. The summed E-state index contributed by atoms with van der Waals surface area (Å²) >= 11 is 6.32. The lowest BCUT2D eigenvalue weighted by Crippen LogP contribution is -2.10. The zero-order valence-electron chi connectivity index (χ0n) is 10.6. The molecule has 17 heavy (non-hydrogen) atoms. The first-order valence-electron chi connectivity index (χ1n) is 6.07. The van der Waals surface area contributed by atoms with Gasteiger partial charge >= 0.3 is 0 Å². The Bertz CT molecular complexity index is 514. The van der Waals surface area contributed by atoms with Crippen molar-refractivity contribution < 1.29 is 0 Å². The Balaban J connectivity index is 2.58. The van der Waals surface area contributed by atoms with Gasteiger partial charge in [-0.2, -0.15) is 0 Å². The Hall–Kier alpha value is -0.990. The van der Waals surface area contributed by atoms with Crippen LogP contribution >= 0.6 is 11.6 Å². The molecule has 0 aliphatic heterocycles. The predicted octanol–water partition coefficient (Wildman–Crippen LogP) is 3.64. The summed E-state index contributed by atoms with van der Waals surface area (Å²) in [6.45, 7) is 5.36. The number of aromatic nitrogens is 1. The molecule has 0 bridgehead atoms. The van der Waals surface area contributed by atoms with Crippen molar-refractivity contribution in [1.29, 1.82) is 0 Å². The Kier molecular flexibility index (Phi) is 3.75. The minimum Gasteiger partial charge on any atom is -0.343 e. The summed E-state index contributed by atoms with van der Waals surface area (Å²) in [7, 11) is 1.98. The van der Waals surface area contributed by atoms with Crippen LogP contribution in [0.1, 0.15) is 25.5 Å². The highest BCUT2D eigenvalue weighted by molar-refractivity contribution is 6.35. The van der Waals surface area contributed by atoms with Crippen LogP contribution in [0.2, 0.25) is 5.02 Å². The van der Waals surface area contributed by atoms with Crippen LogP contribution in [0.3, 0.4) is 0 Å². The van der Waals surface area contributed by atoms with E-state index in [1.54, 1.807) is 0 Å². The van der Waals surface area contributed by atoms with Crippen LogP contribution in [0.4, 0.5) is 0 Å². The first kappa shape index (κ1) is 12.5. The number of nitrogens with one attached hydrogen (secondary N) is 1. The third kappa shape index (κ3) is 2.33. The minimum atomic E-state index is 0.431. The van der Waals surface area contributed by atoms with Crippen LogP contribution in [0, 0.1) is 0 Å². The number of likely N-dealkylation sites (N-methyl/N-ethyl adjacent to an activating group) is 1. The van der Waals surface area contributed by atoms with Gasteiger partial charge in [0, 0.05) is 17.6 Å². The standard InChI is InChI=1S/C14H19ClN2/c1-10(2)17-9-11(7-8-16-3)12-5-4-6-13(15)14(12)17/h4-6,9-10,16H,7-8H2,1-3H3. The second-order valence-electron chi connectivity index (χ2n) is 4.64. The van der Waals surface area contributed by atoms with Gasteiger partial charge < -0.3 is 9.88 Å². The number of nitrogens with zero attached hydrogens (tertiary/aromatic N) is 1. The van der Waals surface area contributed by atoms with E-state index < -0.39 is 0 Å². The van der Waals surface area contributed by atoms with Crippen molar-refractivity contribution in [3.05, 3.63) is 35.0 Å². The maximum atomic E-state index is 6.32. The molecule has 2 aromatic rings. The Morgan fingerprint density at radius 1 is 1.35 bits per heavy atom. The Morgan fingerprint density at radius 3 is 2.76 bits per heavy atom. The zero-order valence-corrected chi connectivity index (χ0v) is 11.4. The number of hydrogen-bond donors (Lipinski definition) is 1. The number of hydrogen-bond acceptors (Lipinski definition) is 1. The lowest BCUT2D eigenvalue weighted by molar-refractivity contribution is 0.620. The number of benzene rings is 1. The average Bonchev–Trinajstić information content (AvgIpc) is 2.67. The second kappa shape index (κ2) is 5.11. The van der Waals surface area contributed by atoms with Crippen molar-refractivity contribution >= 4 is 22.5 Å². The summed E-state index contributed by atoms with van der Waals surface area (Å²) in [5.74, 6) is 0. The van der Waals surface area contributed by atoms with Crippen LogP contribution in [-0.4, -0.2) is 18.2 Å². The van der Waals surface area contributed by atoms with Gasteiger partial charge in [0.2, 0.25) is 0 Å². The molecule has 0 saturated heterocycles. The van der Waals surface area contributed by atoms with Gasteiger partial charge in [-0.1, -0.05) is 23.7 Å². The van der Waals surface area contributed by atoms with Crippen molar-refractivity contribution in [3.8, 4) is 0 Å². The topological polar surface area (TPSA) is 17.0 Å². The molecule has 2 nitrogen and oxygen atoms in total. The monoisotopic (exact) mass is 250 g/mol. The van der Waals surface area contributed by atoms with Crippen molar-refractivity contribution in [1.82, 2.24) is 9.88 Å². The van der Waals surface area contributed by atoms with Crippen molar-refractivity contribution in [3.63, 3.8) is 0 Å². The molecular weight excluding hydrogens is 232 g/mol. The molecule has 0 radical (unpaired) electrons. The van der Waals surface area contributed by atoms with Crippen molar-refractivity contribution in [2.45, 2.75) is 26.3 Å². The molecule has 1 aromatic heterocycles. The van der Waals surface area contributed by atoms with Crippen LogP contribution in [0.15, 0.2) is 24.4 Å². The largest absolute Gasteiger partial charge is 0.343 e. The van der Waals surface area contributed by atoms with E-state index in [2.05, 4.69) is 36.0 Å². The fourth-order valence-electron chi connectivity index (χ4n) is 2.21. The van der Waals surface area contributed by atoms with Gasteiger partial charge in [-0.15, -0.1) is 0 Å². The molecule has 1 aromatic carbocycles. The predicted molar refractivity (Wildman–Crippen MR) is 75.0 cm³/mol. The van der Waals surface area contributed by atoms with E-state index in [4.69, 9.17) is 11.6 Å². The lowest BCUT2D eigenvalue weighted by Gasteiger charge is -2.09. The fourth-order valence-corrected chi connectivity index (χ4v) is 2.48. The van der Waals surface area contributed by atoms with E-state index >= 15 is 0 Å². The highest BCUT2D eigenvalue weighted by atomic mass is 35.5. The van der Waals surface area contributed by atoms with Gasteiger partial charge in [-0.05, 0) is 45.5 Å². The molecule has 3 heteroatoms. The first-order chi connectivity index (χ1) is 8.15. The van der Waals surface area contributed by atoms with Crippen LogP contribution in [0.25, 0.3) is 10.9 Å². The quantitative estimate of drug-likeness (QED) is 0.877. The highest BCUT2D eigenvalue weighted by Crippen LogP contribution is 2.30. The smallest absolute Gasteiger partial charge is 0.0674 e. The SMILES string of the molecule is CNCCc1cn(C(C)C)c2c(Cl)cccc12. The summed E-state index contributed by atoms with van der Waals surface area (Å²) in [4.78, 5) is 0. The van der Waals surface area contributed by atoms with E-state index in [0.29, 0.717) is 6.04 Å². The molecule has 0 saturated carbocycles.